The molecule has 2 bridgehead atoms. The van der Waals surface area contributed by atoms with Crippen LogP contribution in [-0.2, 0) is 5.54 Å². The van der Waals surface area contributed by atoms with Crippen molar-refractivity contribution >= 4 is 11.6 Å². The Bertz CT molecular complexity index is 1810. The molecule has 0 saturated heterocycles. The van der Waals surface area contributed by atoms with Crippen LogP contribution >= 0.6 is 0 Å². The van der Waals surface area contributed by atoms with Gasteiger partial charge in [-0.15, -0.1) is 0 Å². The maximum Gasteiger partial charge on any atom is 0.387 e. The van der Waals surface area contributed by atoms with Crippen molar-refractivity contribution in [1.82, 2.24) is 29.5 Å². The molecule has 4 heterocycles. The van der Waals surface area contributed by atoms with Crippen LogP contribution < -0.4 is 10.5 Å². The predicted molar refractivity (Wildman–Crippen MR) is 134 cm³/mol. The summed E-state index contributed by atoms with van der Waals surface area (Å²) in [6, 6.07) is 2.45. The van der Waals surface area contributed by atoms with Crippen LogP contribution in [0.1, 0.15) is 75.3 Å². The molecule has 1 aromatic carbocycles. The lowest BCUT2D eigenvalue weighted by Gasteiger charge is -2.48. The first-order chi connectivity index (χ1) is 20.2. The number of carbonyl (C=O) groups excluding carboxylic acids is 1. The van der Waals surface area contributed by atoms with Gasteiger partial charge in [0, 0.05) is 70.7 Å². The third kappa shape index (κ3) is 3.53. The molecule has 1 aliphatic heterocycles. The summed E-state index contributed by atoms with van der Waals surface area (Å²) in [6.45, 7) is -4.63. The van der Waals surface area contributed by atoms with Gasteiger partial charge in [0.05, 0.1) is 28.6 Å². The minimum Gasteiger partial charge on any atom is -0.431 e. The molecule has 3 aromatic heterocycles. The topological polar surface area (TPSA) is 132 Å². The molecular weight excluding hydrogens is 527 g/mol. The van der Waals surface area contributed by atoms with E-state index in [-0.39, 0.29) is 28.9 Å². The van der Waals surface area contributed by atoms with Crippen molar-refractivity contribution in [2.75, 3.05) is 6.98 Å². The molecule has 1 saturated carbocycles. The Labute approximate surface area is 229 Å². The fourth-order valence-corrected chi connectivity index (χ4v) is 6.42. The molecule has 40 heavy (non-hydrogen) atoms. The average molecular weight is 555 g/mol. The fraction of sp³-hybridized carbons (Fsp3) is 0.370. The molecule has 1 fully saturated rings. The van der Waals surface area contributed by atoms with Crippen molar-refractivity contribution in [1.29, 1.82) is 0 Å². The highest BCUT2D eigenvalue weighted by atomic mass is 19.3. The first-order valence-electron chi connectivity index (χ1n) is 14.0. The van der Waals surface area contributed by atoms with E-state index in [2.05, 4.69) is 19.8 Å². The SMILES string of the molecule is [2H]C([2H])([2H])N1C(=O)c2ccc(F)c(OC(F)F)c2[C@H]2C[C@@H]1c1nn3ccc(-c4cnc(C5(N)CC(C)(O)C5)nc4)nc3c12. The first-order valence-corrected chi connectivity index (χ1v) is 12.5. The van der Waals surface area contributed by atoms with Crippen molar-refractivity contribution in [2.45, 2.75) is 55.9 Å². The molecule has 13 heteroatoms. The maximum atomic E-state index is 15.0. The molecular formula is C27H24F3N7O3. The molecule has 3 N–H and O–H groups in total. The van der Waals surface area contributed by atoms with Gasteiger partial charge in [0.1, 0.15) is 5.82 Å². The number of fused-ring (bicyclic) bond motifs is 9. The molecule has 10 nitrogen and oxygen atoms in total. The molecule has 3 aliphatic rings. The van der Waals surface area contributed by atoms with Crippen LogP contribution in [-0.4, -0.2) is 59.7 Å². The lowest BCUT2D eigenvalue weighted by Crippen LogP contribution is -2.59. The quantitative estimate of drug-likeness (QED) is 0.393. The average Bonchev–Trinajstić information content (AvgIpc) is 3.40. The second-order valence-electron chi connectivity index (χ2n) is 10.9. The summed E-state index contributed by atoms with van der Waals surface area (Å²) in [5.74, 6) is -3.47. The van der Waals surface area contributed by atoms with E-state index in [1.165, 1.54) is 16.9 Å². The van der Waals surface area contributed by atoms with Gasteiger partial charge in [-0.3, -0.25) is 4.79 Å². The molecule has 0 unspecified atom stereocenters. The normalized spacial score (nSPS) is 28.4. The summed E-state index contributed by atoms with van der Waals surface area (Å²) in [5.41, 5.74) is 5.95. The highest BCUT2D eigenvalue weighted by molar-refractivity contribution is 5.98. The summed E-state index contributed by atoms with van der Waals surface area (Å²) in [5, 5.41) is 14.7. The fourth-order valence-electron chi connectivity index (χ4n) is 6.42. The molecule has 206 valence electrons. The van der Waals surface area contributed by atoms with Gasteiger partial charge in [-0.2, -0.15) is 13.9 Å². The van der Waals surface area contributed by atoms with Gasteiger partial charge in [-0.25, -0.2) is 23.9 Å². The van der Waals surface area contributed by atoms with Crippen molar-refractivity contribution < 1.29 is 31.9 Å². The van der Waals surface area contributed by atoms with Crippen molar-refractivity contribution in [3.63, 3.8) is 0 Å². The van der Waals surface area contributed by atoms with E-state index in [1.807, 2.05) is 0 Å². The second kappa shape index (κ2) is 8.21. The lowest BCUT2D eigenvalue weighted by molar-refractivity contribution is -0.0769. The van der Waals surface area contributed by atoms with E-state index in [4.69, 9.17) is 14.8 Å². The molecule has 0 radical (unpaired) electrons. The maximum absolute atomic E-state index is 15.0. The Hall–Kier alpha value is -4.10. The van der Waals surface area contributed by atoms with E-state index in [0.717, 1.165) is 12.1 Å². The molecule has 2 atom stereocenters. The Morgan fingerprint density at radius 2 is 1.98 bits per heavy atom. The Morgan fingerprint density at radius 1 is 1.23 bits per heavy atom. The summed E-state index contributed by atoms with van der Waals surface area (Å²) >= 11 is 0. The number of carbonyl (C=O) groups is 1. The zero-order valence-corrected chi connectivity index (χ0v) is 21.0. The number of aromatic nitrogens is 5. The summed E-state index contributed by atoms with van der Waals surface area (Å²) in [4.78, 5) is 27.8. The van der Waals surface area contributed by atoms with Gasteiger partial charge in [0.25, 0.3) is 5.91 Å². The van der Waals surface area contributed by atoms with Crippen molar-refractivity contribution in [2.24, 2.45) is 5.73 Å². The molecule has 0 spiro atoms. The van der Waals surface area contributed by atoms with Gasteiger partial charge in [0.2, 0.25) is 0 Å². The summed E-state index contributed by atoms with van der Waals surface area (Å²) < 4.78 is 72.1. The van der Waals surface area contributed by atoms with Crippen LogP contribution in [0, 0.1) is 5.82 Å². The van der Waals surface area contributed by atoms with Gasteiger partial charge >= 0.3 is 6.61 Å². The Balaban J connectivity index is 1.38. The second-order valence-corrected chi connectivity index (χ2v) is 10.9. The third-order valence-electron chi connectivity index (χ3n) is 7.92. The smallest absolute Gasteiger partial charge is 0.387 e. The van der Waals surface area contributed by atoms with Crippen LogP contribution in [0.5, 0.6) is 5.75 Å². The monoisotopic (exact) mass is 554 g/mol. The van der Waals surface area contributed by atoms with E-state index in [0.29, 0.717) is 40.4 Å². The Morgan fingerprint density at radius 3 is 2.65 bits per heavy atom. The van der Waals surface area contributed by atoms with Crippen LogP contribution in [0.15, 0.2) is 36.8 Å². The van der Waals surface area contributed by atoms with Gasteiger partial charge in [-0.05, 0) is 31.5 Å². The van der Waals surface area contributed by atoms with Gasteiger partial charge in [-0.1, -0.05) is 0 Å². The van der Waals surface area contributed by atoms with E-state index >= 15 is 0 Å². The number of nitrogens with two attached hydrogens (primary N) is 1. The number of alkyl halides is 2. The van der Waals surface area contributed by atoms with E-state index in [1.54, 1.807) is 19.2 Å². The number of aliphatic hydroxyl groups is 1. The van der Waals surface area contributed by atoms with Crippen LogP contribution in [0.2, 0.25) is 0 Å². The van der Waals surface area contributed by atoms with Crippen LogP contribution in [0.25, 0.3) is 16.9 Å². The van der Waals surface area contributed by atoms with Gasteiger partial charge < -0.3 is 20.5 Å². The number of hydrogen-bond acceptors (Lipinski definition) is 8. The van der Waals surface area contributed by atoms with E-state index in [9.17, 15) is 23.1 Å². The number of hydrogen-bond donors (Lipinski definition) is 2. The van der Waals surface area contributed by atoms with Crippen LogP contribution in [0.3, 0.4) is 0 Å². The van der Waals surface area contributed by atoms with Crippen molar-refractivity contribution in [3.8, 4) is 17.0 Å². The minimum absolute atomic E-state index is 0.0551. The highest BCUT2D eigenvalue weighted by Crippen LogP contribution is 2.53. The third-order valence-corrected chi connectivity index (χ3v) is 7.92. The largest absolute Gasteiger partial charge is 0.431 e. The summed E-state index contributed by atoms with van der Waals surface area (Å²) in [6.07, 6.45) is 5.22. The number of benzene rings is 1. The summed E-state index contributed by atoms with van der Waals surface area (Å²) in [7, 11) is 0. The number of amides is 1. The molecule has 7 rings (SSSR count). The molecule has 1 amide bonds. The standard InChI is InChI=1S/C27H24F3N7O3/c1-26(39)10-27(31,11-26)24-32-8-12(9-33-24)16-5-6-37-22(34-16)19-14-7-17(20(19)35-37)36(2)23(38)13-3-4-15(28)21(18(13)14)40-25(29)30/h3-6,8-9,14,17,25,39H,7,10-11,31H2,1-2H3/t14-,17-,26?,27?/m1/s1/i2D3. The predicted octanol–water partition coefficient (Wildman–Crippen LogP) is 3.29. The number of rotatable bonds is 4. The molecule has 2 aliphatic carbocycles. The van der Waals surface area contributed by atoms with E-state index < -0.39 is 54.2 Å². The zero-order chi connectivity index (χ0) is 30.6. The van der Waals surface area contributed by atoms with Gasteiger partial charge in [0.15, 0.2) is 17.2 Å². The van der Waals surface area contributed by atoms with Crippen LogP contribution in [0.4, 0.5) is 13.2 Å². The minimum atomic E-state index is -3.40. The highest BCUT2D eigenvalue weighted by Gasteiger charge is 2.51. The number of nitrogens with zero attached hydrogens (tertiary/aromatic N) is 6. The number of halogens is 3. The zero-order valence-electron chi connectivity index (χ0n) is 24.0. The lowest BCUT2D eigenvalue weighted by atomic mass is 9.66. The Kier molecular flexibility index (Phi) is 4.45. The number of ether oxygens (including phenoxy) is 1. The first kappa shape index (κ1) is 21.7. The molecule has 4 aromatic rings. The van der Waals surface area contributed by atoms with Crippen molar-refractivity contribution in [3.05, 3.63) is 70.8 Å².